The van der Waals surface area contributed by atoms with Crippen molar-refractivity contribution in [3.8, 4) is 5.69 Å². The fraction of sp³-hybridized carbons (Fsp3) is 0.118. The molecule has 0 aliphatic rings. The predicted molar refractivity (Wildman–Crippen MR) is 88.4 cm³/mol. The molecule has 1 atom stereocenters. The summed E-state index contributed by atoms with van der Waals surface area (Å²) in [4.78, 5) is 15.9. The van der Waals surface area contributed by atoms with Gasteiger partial charge < -0.3 is 10.6 Å². The van der Waals surface area contributed by atoms with Crippen molar-refractivity contribution >= 4 is 11.7 Å². The van der Waals surface area contributed by atoms with E-state index in [2.05, 4.69) is 20.7 Å². The van der Waals surface area contributed by atoms with Crippen LogP contribution in [0.2, 0.25) is 0 Å². The van der Waals surface area contributed by atoms with Crippen LogP contribution in [0.25, 0.3) is 5.69 Å². The monoisotopic (exact) mass is 307 g/mol. The van der Waals surface area contributed by atoms with Crippen LogP contribution < -0.4 is 10.6 Å². The molecule has 3 aromatic rings. The molecule has 6 nitrogen and oxygen atoms in total. The van der Waals surface area contributed by atoms with Gasteiger partial charge in [0.05, 0.1) is 23.6 Å². The zero-order valence-electron chi connectivity index (χ0n) is 12.7. The zero-order chi connectivity index (χ0) is 16.1. The lowest BCUT2D eigenvalue weighted by atomic mass is 10.1. The number of benzene rings is 1. The molecule has 0 radical (unpaired) electrons. The number of rotatable bonds is 4. The minimum absolute atomic E-state index is 0.113. The van der Waals surface area contributed by atoms with Crippen LogP contribution in [-0.4, -0.2) is 20.8 Å². The number of hydrogen-bond donors (Lipinski definition) is 2. The Balaban J connectivity index is 1.61. The lowest BCUT2D eigenvalue weighted by Gasteiger charge is -2.15. The van der Waals surface area contributed by atoms with E-state index >= 15 is 0 Å². The number of pyridine rings is 1. The maximum Gasteiger partial charge on any atom is 0.319 e. The molecule has 0 saturated heterocycles. The number of carbonyl (C=O) groups is 1. The van der Waals surface area contributed by atoms with E-state index in [1.165, 1.54) is 0 Å². The standard InChI is InChI=1S/C17H17N5O/c1-13(20-17(23)21-15-4-2-9-18-12-15)14-5-7-16(8-6-14)22-11-3-10-19-22/h2-13H,1H3,(H2,20,21,23)/t13-/m0/s1. The van der Waals surface area contributed by atoms with Gasteiger partial charge in [-0.25, -0.2) is 9.48 Å². The highest BCUT2D eigenvalue weighted by molar-refractivity contribution is 5.89. The fourth-order valence-corrected chi connectivity index (χ4v) is 2.22. The van der Waals surface area contributed by atoms with Gasteiger partial charge >= 0.3 is 6.03 Å². The van der Waals surface area contributed by atoms with Gasteiger partial charge in [-0.15, -0.1) is 0 Å². The second-order valence-electron chi connectivity index (χ2n) is 5.10. The summed E-state index contributed by atoms with van der Waals surface area (Å²) in [6.07, 6.45) is 6.88. The van der Waals surface area contributed by atoms with Crippen molar-refractivity contribution < 1.29 is 4.79 Å². The van der Waals surface area contributed by atoms with E-state index in [4.69, 9.17) is 0 Å². The van der Waals surface area contributed by atoms with Crippen molar-refractivity contribution in [2.24, 2.45) is 0 Å². The summed E-state index contributed by atoms with van der Waals surface area (Å²) < 4.78 is 1.79. The highest BCUT2D eigenvalue weighted by Gasteiger charge is 2.10. The van der Waals surface area contributed by atoms with Crippen molar-refractivity contribution in [3.05, 3.63) is 72.8 Å². The number of urea groups is 1. The van der Waals surface area contributed by atoms with Crippen molar-refractivity contribution in [2.45, 2.75) is 13.0 Å². The highest BCUT2D eigenvalue weighted by atomic mass is 16.2. The number of nitrogens with zero attached hydrogens (tertiary/aromatic N) is 3. The fourth-order valence-electron chi connectivity index (χ4n) is 2.22. The molecule has 2 heterocycles. The first-order valence-electron chi connectivity index (χ1n) is 7.30. The number of carbonyl (C=O) groups excluding carboxylic acids is 1. The summed E-state index contributed by atoms with van der Waals surface area (Å²) in [7, 11) is 0. The Bertz CT molecular complexity index is 753. The van der Waals surface area contributed by atoms with E-state index in [1.807, 2.05) is 43.5 Å². The third-order valence-corrected chi connectivity index (χ3v) is 3.43. The number of anilines is 1. The van der Waals surface area contributed by atoms with E-state index in [0.717, 1.165) is 11.3 Å². The average molecular weight is 307 g/mol. The van der Waals surface area contributed by atoms with Crippen molar-refractivity contribution in [1.82, 2.24) is 20.1 Å². The number of aromatic nitrogens is 3. The Morgan fingerprint density at radius 3 is 2.61 bits per heavy atom. The molecule has 0 aliphatic carbocycles. The molecule has 2 amide bonds. The topological polar surface area (TPSA) is 71.8 Å². The van der Waals surface area contributed by atoms with Gasteiger partial charge in [-0.1, -0.05) is 12.1 Å². The second kappa shape index (κ2) is 6.74. The van der Waals surface area contributed by atoms with Gasteiger partial charge in [0.1, 0.15) is 0 Å². The largest absolute Gasteiger partial charge is 0.331 e. The minimum atomic E-state index is -0.262. The van der Waals surface area contributed by atoms with Crippen LogP contribution >= 0.6 is 0 Å². The van der Waals surface area contributed by atoms with Crippen LogP contribution in [-0.2, 0) is 0 Å². The SMILES string of the molecule is C[C@H](NC(=O)Nc1cccnc1)c1ccc(-n2cccn2)cc1. The summed E-state index contributed by atoms with van der Waals surface area (Å²) >= 11 is 0. The number of nitrogens with one attached hydrogen (secondary N) is 2. The van der Waals surface area contributed by atoms with E-state index in [1.54, 1.807) is 35.4 Å². The molecule has 0 spiro atoms. The average Bonchev–Trinajstić information content (AvgIpc) is 3.10. The molecule has 23 heavy (non-hydrogen) atoms. The number of amides is 2. The van der Waals surface area contributed by atoms with Crippen LogP contribution in [0.5, 0.6) is 0 Å². The minimum Gasteiger partial charge on any atom is -0.331 e. The van der Waals surface area contributed by atoms with Crippen LogP contribution in [0.15, 0.2) is 67.3 Å². The Kier molecular flexibility index (Phi) is 4.33. The third-order valence-electron chi connectivity index (χ3n) is 3.43. The molecule has 0 bridgehead atoms. The Morgan fingerprint density at radius 2 is 1.96 bits per heavy atom. The molecule has 2 aromatic heterocycles. The summed E-state index contributed by atoms with van der Waals surface area (Å²) in [5.41, 5.74) is 2.65. The molecule has 2 N–H and O–H groups in total. The molecular formula is C17H17N5O. The van der Waals surface area contributed by atoms with Gasteiger partial charge in [-0.3, -0.25) is 4.98 Å². The van der Waals surface area contributed by atoms with Crippen LogP contribution in [0.3, 0.4) is 0 Å². The van der Waals surface area contributed by atoms with E-state index < -0.39 is 0 Å². The molecule has 0 unspecified atom stereocenters. The third kappa shape index (κ3) is 3.74. The summed E-state index contributed by atoms with van der Waals surface area (Å²) in [5, 5.41) is 9.84. The van der Waals surface area contributed by atoms with Gasteiger partial charge in [0.2, 0.25) is 0 Å². The highest BCUT2D eigenvalue weighted by Crippen LogP contribution is 2.15. The molecule has 3 rings (SSSR count). The predicted octanol–water partition coefficient (Wildman–Crippen LogP) is 3.15. The van der Waals surface area contributed by atoms with Crippen LogP contribution in [0, 0.1) is 0 Å². The normalized spacial score (nSPS) is 11.7. The van der Waals surface area contributed by atoms with Crippen molar-refractivity contribution in [3.63, 3.8) is 0 Å². The molecule has 0 saturated carbocycles. The zero-order valence-corrected chi connectivity index (χ0v) is 12.7. The Hall–Kier alpha value is -3.15. The molecule has 0 fully saturated rings. The first kappa shape index (κ1) is 14.8. The Labute approximate surface area is 134 Å². The van der Waals surface area contributed by atoms with Gasteiger partial charge in [0.15, 0.2) is 0 Å². The molecular weight excluding hydrogens is 290 g/mol. The molecule has 6 heteroatoms. The quantitative estimate of drug-likeness (QED) is 0.777. The smallest absolute Gasteiger partial charge is 0.319 e. The van der Waals surface area contributed by atoms with Gasteiger partial charge in [0.25, 0.3) is 0 Å². The van der Waals surface area contributed by atoms with Gasteiger partial charge in [0, 0.05) is 18.6 Å². The van der Waals surface area contributed by atoms with E-state index in [-0.39, 0.29) is 12.1 Å². The lowest BCUT2D eigenvalue weighted by molar-refractivity contribution is 0.249. The lowest BCUT2D eigenvalue weighted by Crippen LogP contribution is -2.31. The molecule has 1 aromatic carbocycles. The second-order valence-corrected chi connectivity index (χ2v) is 5.10. The first-order chi connectivity index (χ1) is 11.2. The maximum absolute atomic E-state index is 12.0. The summed E-state index contributed by atoms with van der Waals surface area (Å²) in [6, 6.07) is 13.0. The van der Waals surface area contributed by atoms with Crippen molar-refractivity contribution in [2.75, 3.05) is 5.32 Å². The first-order valence-corrected chi connectivity index (χ1v) is 7.30. The molecule has 116 valence electrons. The number of hydrogen-bond acceptors (Lipinski definition) is 3. The van der Waals surface area contributed by atoms with E-state index in [0.29, 0.717) is 5.69 Å². The molecule has 0 aliphatic heterocycles. The van der Waals surface area contributed by atoms with Crippen LogP contribution in [0.4, 0.5) is 10.5 Å². The van der Waals surface area contributed by atoms with Gasteiger partial charge in [-0.2, -0.15) is 5.10 Å². The Morgan fingerprint density at radius 1 is 1.13 bits per heavy atom. The van der Waals surface area contributed by atoms with Crippen LogP contribution in [0.1, 0.15) is 18.5 Å². The summed E-state index contributed by atoms with van der Waals surface area (Å²) in [5.74, 6) is 0. The van der Waals surface area contributed by atoms with Crippen molar-refractivity contribution in [1.29, 1.82) is 0 Å². The van der Waals surface area contributed by atoms with Gasteiger partial charge in [-0.05, 0) is 42.8 Å². The van der Waals surface area contributed by atoms with E-state index in [9.17, 15) is 4.79 Å². The summed E-state index contributed by atoms with van der Waals surface area (Å²) in [6.45, 7) is 1.94. The maximum atomic E-state index is 12.0.